The number of hydrogen-bond acceptors (Lipinski definition) is 2. The van der Waals surface area contributed by atoms with Crippen molar-refractivity contribution in [2.24, 2.45) is 0 Å². The van der Waals surface area contributed by atoms with Crippen molar-refractivity contribution >= 4 is 17.6 Å². The highest BCUT2D eigenvalue weighted by molar-refractivity contribution is 5.93. The van der Waals surface area contributed by atoms with Gasteiger partial charge < -0.3 is 15.5 Å². The lowest BCUT2D eigenvalue weighted by Gasteiger charge is -2.20. The zero-order valence-corrected chi connectivity index (χ0v) is 15.2. The molecule has 0 saturated heterocycles. The van der Waals surface area contributed by atoms with E-state index in [4.69, 9.17) is 0 Å². The fourth-order valence-electron chi connectivity index (χ4n) is 2.55. The largest absolute Gasteiger partial charge is 0.347 e. The predicted octanol–water partition coefficient (Wildman–Crippen LogP) is 3.65. The number of likely N-dealkylation sites (N-methyl/N-ethyl adjacent to an activating group) is 1. The van der Waals surface area contributed by atoms with Crippen LogP contribution in [0.4, 0.5) is 10.5 Å². The van der Waals surface area contributed by atoms with Gasteiger partial charge in [0.1, 0.15) is 6.04 Å². The normalized spacial score (nSPS) is 11.5. The summed E-state index contributed by atoms with van der Waals surface area (Å²) < 4.78 is 0. The molecule has 2 N–H and O–H groups in total. The van der Waals surface area contributed by atoms with Crippen molar-refractivity contribution in [2.75, 3.05) is 19.4 Å². The number of amides is 3. The van der Waals surface area contributed by atoms with Gasteiger partial charge in [-0.1, -0.05) is 48.9 Å². The molecule has 2 aromatic carbocycles. The zero-order chi connectivity index (χ0) is 18.4. The Morgan fingerprint density at radius 3 is 2.28 bits per heavy atom. The van der Waals surface area contributed by atoms with E-state index in [0.717, 1.165) is 11.1 Å². The van der Waals surface area contributed by atoms with Crippen LogP contribution in [-0.2, 0) is 4.79 Å². The van der Waals surface area contributed by atoms with E-state index in [1.165, 1.54) is 10.5 Å². The van der Waals surface area contributed by atoms with Crippen LogP contribution in [0.5, 0.6) is 0 Å². The molecule has 0 aromatic heterocycles. The Hall–Kier alpha value is -2.82. The van der Waals surface area contributed by atoms with Gasteiger partial charge in [0.25, 0.3) is 0 Å². The minimum absolute atomic E-state index is 0.118. The quantitative estimate of drug-likeness (QED) is 0.873. The van der Waals surface area contributed by atoms with Crippen molar-refractivity contribution in [1.29, 1.82) is 0 Å². The Labute approximate surface area is 149 Å². The summed E-state index contributed by atoms with van der Waals surface area (Å²) in [6, 6.07) is 15.0. The van der Waals surface area contributed by atoms with E-state index in [9.17, 15) is 9.59 Å². The second-order valence-corrected chi connectivity index (χ2v) is 6.24. The Morgan fingerprint density at radius 2 is 1.72 bits per heavy atom. The SMILES string of the molecule is CC[C@@H](NC(=O)Nc1ccc(-c2cccc(C)c2)cc1)C(=O)N(C)C. The molecule has 0 unspecified atom stereocenters. The van der Waals surface area contributed by atoms with E-state index in [0.29, 0.717) is 12.1 Å². The van der Waals surface area contributed by atoms with E-state index in [1.807, 2.05) is 37.3 Å². The van der Waals surface area contributed by atoms with Gasteiger partial charge in [0.05, 0.1) is 0 Å². The Bertz CT molecular complexity index is 739. The molecule has 2 rings (SSSR count). The standard InChI is InChI=1S/C20H25N3O2/c1-5-18(19(24)23(3)4)22-20(25)21-17-11-9-15(10-12-17)16-8-6-7-14(2)13-16/h6-13,18H,5H2,1-4H3,(H2,21,22,25)/t18-/m1/s1. The molecule has 5 heteroatoms. The molecule has 0 aliphatic rings. The number of rotatable bonds is 5. The maximum absolute atomic E-state index is 12.1. The Kier molecular flexibility index (Phi) is 6.17. The first kappa shape index (κ1) is 18.5. The lowest BCUT2D eigenvalue weighted by Crippen LogP contribution is -2.47. The summed E-state index contributed by atoms with van der Waals surface area (Å²) in [7, 11) is 3.35. The van der Waals surface area contributed by atoms with Crippen molar-refractivity contribution in [1.82, 2.24) is 10.2 Å². The zero-order valence-electron chi connectivity index (χ0n) is 15.2. The molecule has 5 nitrogen and oxygen atoms in total. The first-order chi connectivity index (χ1) is 11.9. The number of nitrogens with zero attached hydrogens (tertiary/aromatic N) is 1. The number of carbonyl (C=O) groups excluding carboxylic acids is 2. The summed E-state index contributed by atoms with van der Waals surface area (Å²) in [5.74, 6) is -0.118. The molecule has 0 spiro atoms. The topological polar surface area (TPSA) is 61.4 Å². The summed E-state index contributed by atoms with van der Waals surface area (Å²) in [4.78, 5) is 25.6. The first-order valence-electron chi connectivity index (χ1n) is 8.36. The van der Waals surface area contributed by atoms with E-state index in [2.05, 4.69) is 35.8 Å². The number of carbonyl (C=O) groups is 2. The molecule has 0 bridgehead atoms. The minimum Gasteiger partial charge on any atom is -0.347 e. The van der Waals surface area contributed by atoms with Crippen LogP contribution in [-0.4, -0.2) is 37.0 Å². The van der Waals surface area contributed by atoms with Crippen LogP contribution in [0.3, 0.4) is 0 Å². The Balaban J connectivity index is 2.01. The molecule has 3 amide bonds. The van der Waals surface area contributed by atoms with Gasteiger partial charge in [-0.25, -0.2) is 4.79 Å². The molecule has 0 saturated carbocycles. The van der Waals surface area contributed by atoms with Gasteiger partial charge in [-0.15, -0.1) is 0 Å². The lowest BCUT2D eigenvalue weighted by molar-refractivity contribution is -0.130. The van der Waals surface area contributed by atoms with E-state index >= 15 is 0 Å². The van der Waals surface area contributed by atoms with Gasteiger partial charge >= 0.3 is 6.03 Å². The summed E-state index contributed by atoms with van der Waals surface area (Å²) in [6.45, 7) is 3.92. The van der Waals surface area contributed by atoms with Gasteiger partial charge in [-0.2, -0.15) is 0 Å². The van der Waals surface area contributed by atoms with Crippen molar-refractivity contribution in [3.8, 4) is 11.1 Å². The van der Waals surface area contributed by atoms with Gasteiger partial charge in [0.2, 0.25) is 5.91 Å². The van der Waals surface area contributed by atoms with Crippen LogP contribution in [0.1, 0.15) is 18.9 Å². The Morgan fingerprint density at radius 1 is 1.04 bits per heavy atom. The third-order valence-corrected chi connectivity index (χ3v) is 3.95. The summed E-state index contributed by atoms with van der Waals surface area (Å²) in [5, 5.41) is 5.48. The average Bonchev–Trinajstić information content (AvgIpc) is 2.59. The van der Waals surface area contributed by atoms with Crippen LogP contribution < -0.4 is 10.6 Å². The maximum atomic E-state index is 12.1. The minimum atomic E-state index is -0.526. The molecule has 0 fully saturated rings. The van der Waals surface area contributed by atoms with Crippen molar-refractivity contribution in [3.05, 3.63) is 54.1 Å². The molecule has 1 atom stereocenters. The second kappa shape index (κ2) is 8.33. The van der Waals surface area contributed by atoms with E-state index in [1.54, 1.807) is 14.1 Å². The molecule has 132 valence electrons. The van der Waals surface area contributed by atoms with Crippen molar-refractivity contribution in [2.45, 2.75) is 26.3 Å². The van der Waals surface area contributed by atoms with Crippen LogP contribution in [0.25, 0.3) is 11.1 Å². The molecule has 0 aliphatic heterocycles. The fourth-order valence-corrected chi connectivity index (χ4v) is 2.55. The smallest absolute Gasteiger partial charge is 0.319 e. The molecular formula is C20H25N3O2. The molecule has 0 heterocycles. The predicted molar refractivity (Wildman–Crippen MR) is 102 cm³/mol. The van der Waals surface area contributed by atoms with E-state index < -0.39 is 6.04 Å². The number of nitrogens with one attached hydrogen (secondary N) is 2. The summed E-state index contributed by atoms with van der Waals surface area (Å²) in [6.07, 6.45) is 0.538. The van der Waals surface area contributed by atoms with Crippen LogP contribution in [0.15, 0.2) is 48.5 Å². The van der Waals surface area contributed by atoms with Crippen LogP contribution in [0.2, 0.25) is 0 Å². The summed E-state index contributed by atoms with van der Waals surface area (Å²) >= 11 is 0. The van der Waals surface area contributed by atoms with Crippen LogP contribution in [0, 0.1) is 6.92 Å². The van der Waals surface area contributed by atoms with Gasteiger partial charge in [0.15, 0.2) is 0 Å². The van der Waals surface area contributed by atoms with Gasteiger partial charge in [-0.3, -0.25) is 4.79 Å². The van der Waals surface area contributed by atoms with Crippen molar-refractivity contribution in [3.63, 3.8) is 0 Å². The van der Waals surface area contributed by atoms with E-state index in [-0.39, 0.29) is 11.9 Å². The van der Waals surface area contributed by atoms with Crippen molar-refractivity contribution < 1.29 is 9.59 Å². The molecule has 25 heavy (non-hydrogen) atoms. The average molecular weight is 339 g/mol. The highest BCUT2D eigenvalue weighted by Crippen LogP contribution is 2.22. The maximum Gasteiger partial charge on any atom is 0.319 e. The molecule has 2 aromatic rings. The number of hydrogen-bond donors (Lipinski definition) is 2. The number of anilines is 1. The lowest BCUT2D eigenvalue weighted by atomic mass is 10.0. The number of aryl methyl sites for hydroxylation is 1. The third-order valence-electron chi connectivity index (χ3n) is 3.95. The third kappa shape index (κ3) is 5.08. The monoisotopic (exact) mass is 339 g/mol. The number of urea groups is 1. The summed E-state index contributed by atoms with van der Waals surface area (Å²) in [5.41, 5.74) is 4.11. The molecular weight excluding hydrogens is 314 g/mol. The van der Waals surface area contributed by atoms with Gasteiger partial charge in [-0.05, 0) is 36.6 Å². The van der Waals surface area contributed by atoms with Gasteiger partial charge in [0, 0.05) is 19.8 Å². The molecule has 0 aliphatic carbocycles. The highest BCUT2D eigenvalue weighted by atomic mass is 16.2. The highest BCUT2D eigenvalue weighted by Gasteiger charge is 2.20. The first-order valence-corrected chi connectivity index (χ1v) is 8.36. The second-order valence-electron chi connectivity index (χ2n) is 6.24. The van der Waals surface area contributed by atoms with Crippen LogP contribution >= 0.6 is 0 Å². The molecule has 0 radical (unpaired) electrons. The number of benzene rings is 2. The fraction of sp³-hybridized carbons (Fsp3) is 0.300.